The number of para-hydroxylation sites is 1. The van der Waals surface area contributed by atoms with Crippen LogP contribution in [0, 0.1) is 6.92 Å². The van der Waals surface area contributed by atoms with Gasteiger partial charge < -0.3 is 15.0 Å². The summed E-state index contributed by atoms with van der Waals surface area (Å²) in [7, 11) is 0. The summed E-state index contributed by atoms with van der Waals surface area (Å²) in [4.78, 5) is 28.9. The first kappa shape index (κ1) is 15.1. The molecule has 112 valence electrons. The van der Waals surface area contributed by atoms with Crippen LogP contribution in [0.4, 0.5) is 0 Å². The van der Waals surface area contributed by atoms with Gasteiger partial charge in [-0.15, -0.1) is 0 Å². The predicted molar refractivity (Wildman–Crippen MR) is 81.5 cm³/mol. The molecule has 0 radical (unpaired) electrons. The van der Waals surface area contributed by atoms with Crippen molar-refractivity contribution in [3.05, 3.63) is 35.5 Å². The van der Waals surface area contributed by atoms with E-state index in [-0.39, 0.29) is 5.91 Å². The number of aliphatic carboxylic acids is 1. The number of nitrogens with one attached hydrogen (secondary N) is 1. The molecule has 0 unspecified atom stereocenters. The van der Waals surface area contributed by atoms with Gasteiger partial charge in [0, 0.05) is 23.1 Å². The largest absolute Gasteiger partial charge is 0.480 e. The molecule has 0 aliphatic carbocycles. The molecule has 0 atom stereocenters. The third-order valence-corrected chi connectivity index (χ3v) is 3.87. The van der Waals surface area contributed by atoms with Crippen LogP contribution in [-0.2, 0) is 4.79 Å². The molecule has 5 heteroatoms. The van der Waals surface area contributed by atoms with Gasteiger partial charge in [0.05, 0.1) is 5.56 Å². The molecule has 0 fully saturated rings. The number of aryl methyl sites for hydroxylation is 1. The number of carbonyl (C=O) groups excluding carboxylic acids is 1. The summed E-state index contributed by atoms with van der Waals surface area (Å²) in [6.07, 6.45) is 0. The maximum absolute atomic E-state index is 12.9. The van der Waals surface area contributed by atoms with Crippen molar-refractivity contribution in [1.29, 1.82) is 0 Å². The summed E-state index contributed by atoms with van der Waals surface area (Å²) in [5.74, 6) is -1.28. The number of likely N-dealkylation sites (N-methyl/N-ethyl adjacent to an activating group) is 1. The van der Waals surface area contributed by atoms with E-state index in [4.69, 9.17) is 0 Å². The summed E-state index contributed by atoms with van der Waals surface area (Å²) in [5.41, 5.74) is 0.918. The van der Waals surface area contributed by atoms with Crippen molar-refractivity contribution >= 4 is 22.8 Å². The zero-order valence-electron chi connectivity index (χ0n) is 12.7. The van der Waals surface area contributed by atoms with Crippen LogP contribution < -0.4 is 0 Å². The normalized spacial score (nSPS) is 11.6. The van der Waals surface area contributed by atoms with E-state index < -0.39 is 11.5 Å². The highest BCUT2D eigenvalue weighted by Crippen LogP contribution is 2.26. The average Bonchev–Trinajstić information content (AvgIpc) is 2.74. The van der Waals surface area contributed by atoms with Gasteiger partial charge in [0.25, 0.3) is 5.91 Å². The highest BCUT2D eigenvalue weighted by atomic mass is 16.4. The van der Waals surface area contributed by atoms with Crippen LogP contribution >= 0.6 is 0 Å². The van der Waals surface area contributed by atoms with Crippen molar-refractivity contribution in [2.45, 2.75) is 33.2 Å². The fourth-order valence-electron chi connectivity index (χ4n) is 2.60. The van der Waals surface area contributed by atoms with Crippen LogP contribution in [0.15, 0.2) is 24.3 Å². The van der Waals surface area contributed by atoms with E-state index in [9.17, 15) is 14.7 Å². The zero-order valence-corrected chi connectivity index (χ0v) is 12.7. The number of amides is 1. The van der Waals surface area contributed by atoms with Gasteiger partial charge in [-0.1, -0.05) is 18.2 Å². The minimum absolute atomic E-state index is 0.264. The molecule has 5 nitrogen and oxygen atoms in total. The maximum atomic E-state index is 12.9. The lowest BCUT2D eigenvalue weighted by molar-refractivity contribution is -0.147. The molecular formula is C16H20N2O3. The SMILES string of the molecule is CCN(C(=O)c1c(C)[nH]c2ccccc12)C(C)(C)C(=O)O. The van der Waals surface area contributed by atoms with Crippen molar-refractivity contribution in [2.75, 3.05) is 6.54 Å². The molecule has 0 aliphatic rings. The fourth-order valence-corrected chi connectivity index (χ4v) is 2.60. The van der Waals surface area contributed by atoms with E-state index in [1.165, 1.54) is 4.90 Å². The minimum Gasteiger partial charge on any atom is -0.480 e. The molecule has 2 aromatic rings. The number of carbonyl (C=O) groups is 2. The molecule has 0 saturated heterocycles. The fraction of sp³-hybridized carbons (Fsp3) is 0.375. The van der Waals surface area contributed by atoms with Crippen molar-refractivity contribution < 1.29 is 14.7 Å². The number of aromatic amines is 1. The molecule has 1 aromatic heterocycles. The summed E-state index contributed by atoms with van der Waals surface area (Å²) in [5, 5.41) is 10.2. The lowest BCUT2D eigenvalue weighted by Crippen LogP contribution is -2.53. The Hall–Kier alpha value is -2.30. The number of H-pyrrole nitrogens is 1. The van der Waals surface area contributed by atoms with Crippen LogP contribution in [-0.4, -0.2) is 39.0 Å². The second kappa shape index (κ2) is 5.24. The van der Waals surface area contributed by atoms with Crippen molar-refractivity contribution in [1.82, 2.24) is 9.88 Å². The first-order valence-corrected chi connectivity index (χ1v) is 6.93. The first-order chi connectivity index (χ1) is 9.80. The Morgan fingerprint density at radius 3 is 2.48 bits per heavy atom. The Balaban J connectivity index is 2.55. The number of carboxylic acid groups (broad SMARTS) is 1. The first-order valence-electron chi connectivity index (χ1n) is 6.93. The van der Waals surface area contributed by atoms with Gasteiger partial charge in [-0.2, -0.15) is 0 Å². The lowest BCUT2D eigenvalue weighted by Gasteiger charge is -2.34. The van der Waals surface area contributed by atoms with Gasteiger partial charge in [0.2, 0.25) is 0 Å². The van der Waals surface area contributed by atoms with Gasteiger partial charge in [0.15, 0.2) is 0 Å². The van der Waals surface area contributed by atoms with Gasteiger partial charge in [-0.25, -0.2) is 4.79 Å². The second-order valence-corrected chi connectivity index (χ2v) is 5.58. The Morgan fingerprint density at radius 2 is 1.90 bits per heavy atom. The van der Waals surface area contributed by atoms with E-state index in [1.54, 1.807) is 20.8 Å². The molecule has 1 amide bonds. The molecule has 0 saturated carbocycles. The standard InChI is InChI=1S/C16H20N2O3/c1-5-18(16(3,4)15(20)21)14(19)13-10(2)17-12-9-7-6-8-11(12)13/h6-9,17H,5H2,1-4H3,(H,20,21). The summed E-state index contributed by atoms with van der Waals surface area (Å²) in [6, 6.07) is 7.53. The number of benzene rings is 1. The molecule has 2 rings (SSSR count). The van der Waals surface area contributed by atoms with Gasteiger partial charge >= 0.3 is 5.97 Å². The number of hydrogen-bond donors (Lipinski definition) is 2. The van der Waals surface area contributed by atoms with Crippen molar-refractivity contribution in [2.24, 2.45) is 0 Å². The Morgan fingerprint density at radius 1 is 1.29 bits per heavy atom. The van der Waals surface area contributed by atoms with Crippen LogP contribution in [0.5, 0.6) is 0 Å². The summed E-state index contributed by atoms with van der Waals surface area (Å²) < 4.78 is 0. The zero-order chi connectivity index (χ0) is 15.8. The van der Waals surface area contributed by atoms with Crippen molar-refractivity contribution in [3.63, 3.8) is 0 Å². The molecule has 1 aromatic carbocycles. The van der Waals surface area contributed by atoms with E-state index >= 15 is 0 Å². The number of nitrogens with zero attached hydrogens (tertiary/aromatic N) is 1. The minimum atomic E-state index is -1.25. The Labute approximate surface area is 123 Å². The number of hydrogen-bond acceptors (Lipinski definition) is 2. The molecule has 0 spiro atoms. The van der Waals surface area contributed by atoms with Gasteiger partial charge in [-0.3, -0.25) is 4.79 Å². The molecular weight excluding hydrogens is 268 g/mol. The molecule has 0 bridgehead atoms. The molecule has 2 N–H and O–H groups in total. The highest BCUT2D eigenvalue weighted by molar-refractivity contribution is 6.09. The van der Waals surface area contributed by atoms with Crippen LogP contribution in [0.2, 0.25) is 0 Å². The van der Waals surface area contributed by atoms with E-state index in [0.29, 0.717) is 12.1 Å². The van der Waals surface area contributed by atoms with Crippen molar-refractivity contribution in [3.8, 4) is 0 Å². The van der Waals surface area contributed by atoms with Crippen LogP contribution in [0.1, 0.15) is 36.8 Å². The summed E-state index contributed by atoms with van der Waals surface area (Å²) >= 11 is 0. The monoisotopic (exact) mass is 288 g/mol. The maximum Gasteiger partial charge on any atom is 0.329 e. The van der Waals surface area contributed by atoms with E-state index in [1.807, 2.05) is 31.2 Å². The highest BCUT2D eigenvalue weighted by Gasteiger charge is 2.38. The number of fused-ring (bicyclic) bond motifs is 1. The predicted octanol–water partition coefficient (Wildman–Crippen LogP) is 2.80. The number of carboxylic acids is 1. The smallest absolute Gasteiger partial charge is 0.329 e. The van der Waals surface area contributed by atoms with Crippen LogP contribution in [0.25, 0.3) is 10.9 Å². The molecule has 1 heterocycles. The van der Waals surface area contributed by atoms with Crippen LogP contribution in [0.3, 0.4) is 0 Å². The quantitative estimate of drug-likeness (QED) is 0.908. The lowest BCUT2D eigenvalue weighted by atomic mass is 10.0. The average molecular weight is 288 g/mol. The van der Waals surface area contributed by atoms with Gasteiger partial charge in [0.1, 0.15) is 5.54 Å². The third-order valence-electron chi connectivity index (χ3n) is 3.87. The van der Waals surface area contributed by atoms with E-state index in [0.717, 1.165) is 16.6 Å². The number of rotatable bonds is 4. The molecule has 0 aliphatic heterocycles. The topological polar surface area (TPSA) is 73.4 Å². The Bertz CT molecular complexity index is 701. The Kier molecular flexibility index (Phi) is 3.77. The van der Waals surface area contributed by atoms with E-state index in [2.05, 4.69) is 4.98 Å². The van der Waals surface area contributed by atoms with Gasteiger partial charge in [-0.05, 0) is 33.8 Å². The molecule has 21 heavy (non-hydrogen) atoms. The third kappa shape index (κ3) is 2.39. The second-order valence-electron chi connectivity index (χ2n) is 5.58. The summed E-state index contributed by atoms with van der Waals surface area (Å²) in [6.45, 7) is 7.03. The number of aromatic nitrogens is 1.